The van der Waals surface area contributed by atoms with Crippen molar-refractivity contribution in [2.75, 3.05) is 19.7 Å². The summed E-state index contributed by atoms with van der Waals surface area (Å²) in [6.45, 7) is 3.81. The summed E-state index contributed by atoms with van der Waals surface area (Å²) in [6.07, 6.45) is 4.55. The SMILES string of the molecule is c1ccc(Cc2noc(CN3CCO[C@@H](Cn4cccn4)C3)n2)cc1. The van der Waals surface area contributed by atoms with E-state index in [4.69, 9.17) is 9.26 Å². The van der Waals surface area contributed by atoms with Crippen LogP contribution in [0.1, 0.15) is 17.3 Å². The number of ether oxygens (including phenoxy) is 1. The molecule has 1 atom stereocenters. The fourth-order valence-electron chi connectivity index (χ4n) is 3.05. The number of morpholine rings is 1. The molecule has 0 amide bonds. The van der Waals surface area contributed by atoms with Crippen LogP contribution in [0.15, 0.2) is 53.3 Å². The first-order valence-electron chi connectivity index (χ1n) is 8.52. The minimum Gasteiger partial charge on any atom is -0.374 e. The lowest BCUT2D eigenvalue weighted by atomic mass is 10.1. The third kappa shape index (κ3) is 4.32. The zero-order valence-corrected chi connectivity index (χ0v) is 14.0. The van der Waals surface area contributed by atoms with Crippen molar-refractivity contribution in [1.29, 1.82) is 0 Å². The molecule has 130 valence electrons. The van der Waals surface area contributed by atoms with Crippen LogP contribution in [0.5, 0.6) is 0 Å². The van der Waals surface area contributed by atoms with Crippen LogP contribution in [0.2, 0.25) is 0 Å². The van der Waals surface area contributed by atoms with Gasteiger partial charge in [0.15, 0.2) is 5.82 Å². The molecule has 25 heavy (non-hydrogen) atoms. The molecule has 0 aliphatic carbocycles. The van der Waals surface area contributed by atoms with Gasteiger partial charge in [-0.25, -0.2) is 0 Å². The highest BCUT2D eigenvalue weighted by molar-refractivity contribution is 5.18. The Morgan fingerprint density at radius 3 is 2.92 bits per heavy atom. The number of benzene rings is 1. The van der Waals surface area contributed by atoms with Gasteiger partial charge in [-0.3, -0.25) is 9.58 Å². The van der Waals surface area contributed by atoms with Crippen molar-refractivity contribution in [2.24, 2.45) is 0 Å². The number of rotatable bonds is 6. The predicted octanol–water partition coefficient (Wildman–Crippen LogP) is 1.76. The normalized spacial score (nSPS) is 18.5. The molecule has 2 aromatic heterocycles. The molecule has 7 nitrogen and oxygen atoms in total. The second kappa shape index (κ2) is 7.58. The Balaban J connectivity index is 1.32. The van der Waals surface area contributed by atoms with E-state index >= 15 is 0 Å². The van der Waals surface area contributed by atoms with Crippen molar-refractivity contribution in [3.05, 3.63) is 66.1 Å². The molecule has 0 radical (unpaired) electrons. The molecule has 1 aromatic carbocycles. The second-order valence-electron chi connectivity index (χ2n) is 6.22. The average molecular weight is 339 g/mol. The number of nitrogens with zero attached hydrogens (tertiary/aromatic N) is 5. The Morgan fingerprint density at radius 2 is 2.08 bits per heavy atom. The molecule has 3 heterocycles. The predicted molar refractivity (Wildman–Crippen MR) is 90.8 cm³/mol. The van der Waals surface area contributed by atoms with E-state index < -0.39 is 0 Å². The highest BCUT2D eigenvalue weighted by atomic mass is 16.5. The molecule has 1 saturated heterocycles. The molecule has 0 saturated carbocycles. The lowest BCUT2D eigenvalue weighted by Gasteiger charge is -2.31. The number of aromatic nitrogens is 4. The fourth-order valence-corrected chi connectivity index (χ4v) is 3.05. The van der Waals surface area contributed by atoms with E-state index in [9.17, 15) is 0 Å². The van der Waals surface area contributed by atoms with Crippen LogP contribution in [0.3, 0.4) is 0 Å². The van der Waals surface area contributed by atoms with Gasteiger partial charge < -0.3 is 9.26 Å². The molecule has 0 N–H and O–H groups in total. The molecular formula is C18H21N5O2. The van der Waals surface area contributed by atoms with E-state index in [1.165, 1.54) is 5.56 Å². The van der Waals surface area contributed by atoms with Crippen molar-refractivity contribution in [3.63, 3.8) is 0 Å². The maximum absolute atomic E-state index is 5.83. The lowest BCUT2D eigenvalue weighted by Crippen LogP contribution is -2.43. The average Bonchev–Trinajstić information content (AvgIpc) is 3.29. The van der Waals surface area contributed by atoms with E-state index in [-0.39, 0.29) is 6.10 Å². The van der Waals surface area contributed by atoms with Crippen LogP contribution in [-0.4, -0.2) is 50.6 Å². The van der Waals surface area contributed by atoms with Gasteiger partial charge in [-0.15, -0.1) is 0 Å². The first kappa shape index (κ1) is 16.0. The van der Waals surface area contributed by atoms with Gasteiger partial charge in [-0.1, -0.05) is 35.5 Å². The molecule has 1 aliphatic rings. The zero-order chi connectivity index (χ0) is 16.9. The van der Waals surface area contributed by atoms with Gasteiger partial charge in [0.05, 0.1) is 25.8 Å². The zero-order valence-electron chi connectivity index (χ0n) is 14.0. The highest BCUT2D eigenvalue weighted by Crippen LogP contribution is 2.12. The minimum absolute atomic E-state index is 0.125. The summed E-state index contributed by atoms with van der Waals surface area (Å²) < 4.78 is 13.2. The highest BCUT2D eigenvalue weighted by Gasteiger charge is 2.22. The molecule has 7 heteroatoms. The van der Waals surface area contributed by atoms with E-state index in [1.54, 1.807) is 6.20 Å². The van der Waals surface area contributed by atoms with Crippen molar-refractivity contribution >= 4 is 0 Å². The molecule has 3 aromatic rings. The minimum atomic E-state index is 0.125. The van der Waals surface area contributed by atoms with Gasteiger partial charge in [0, 0.05) is 31.9 Å². The third-order valence-electron chi connectivity index (χ3n) is 4.25. The fraction of sp³-hybridized carbons (Fsp3) is 0.389. The Kier molecular flexibility index (Phi) is 4.85. The molecule has 0 bridgehead atoms. The van der Waals surface area contributed by atoms with Crippen LogP contribution in [0.4, 0.5) is 0 Å². The molecule has 0 spiro atoms. The summed E-state index contributed by atoms with van der Waals surface area (Å²) in [5.41, 5.74) is 1.18. The largest absolute Gasteiger partial charge is 0.374 e. The Bertz CT molecular complexity index is 772. The van der Waals surface area contributed by atoms with Gasteiger partial charge >= 0.3 is 0 Å². The monoisotopic (exact) mass is 339 g/mol. The van der Waals surface area contributed by atoms with E-state index in [0.29, 0.717) is 25.5 Å². The quantitative estimate of drug-likeness (QED) is 0.682. The van der Waals surface area contributed by atoms with Gasteiger partial charge in [0.25, 0.3) is 0 Å². The molecular weight excluding hydrogens is 318 g/mol. The molecule has 0 unspecified atom stereocenters. The van der Waals surface area contributed by atoms with Crippen molar-refractivity contribution in [2.45, 2.75) is 25.6 Å². The molecule has 4 rings (SSSR count). The first-order valence-corrected chi connectivity index (χ1v) is 8.52. The summed E-state index contributed by atoms with van der Waals surface area (Å²) in [5, 5.41) is 8.34. The topological polar surface area (TPSA) is 69.2 Å². The maximum atomic E-state index is 5.83. The van der Waals surface area contributed by atoms with Gasteiger partial charge in [-0.05, 0) is 11.6 Å². The summed E-state index contributed by atoms with van der Waals surface area (Å²) in [5.74, 6) is 1.38. The van der Waals surface area contributed by atoms with E-state index in [1.807, 2.05) is 35.1 Å². The van der Waals surface area contributed by atoms with Crippen molar-refractivity contribution in [3.8, 4) is 0 Å². The number of hydrogen-bond donors (Lipinski definition) is 0. The lowest BCUT2D eigenvalue weighted by molar-refractivity contribution is -0.0426. The standard InChI is InChI=1S/C18H21N5O2/c1-2-5-15(6-3-1)11-17-20-18(25-21-17)14-22-9-10-24-16(12-22)13-23-8-4-7-19-23/h1-8,16H,9-14H2/t16-/m1/s1. The summed E-state index contributed by atoms with van der Waals surface area (Å²) in [6, 6.07) is 12.1. The van der Waals surface area contributed by atoms with E-state index in [0.717, 1.165) is 25.5 Å². The second-order valence-corrected chi connectivity index (χ2v) is 6.22. The smallest absolute Gasteiger partial charge is 0.240 e. The van der Waals surface area contributed by atoms with Gasteiger partial charge in [0.1, 0.15) is 0 Å². The summed E-state index contributed by atoms with van der Waals surface area (Å²) in [4.78, 5) is 6.81. The first-order chi connectivity index (χ1) is 12.3. The van der Waals surface area contributed by atoms with Crippen molar-refractivity contribution in [1.82, 2.24) is 24.8 Å². The van der Waals surface area contributed by atoms with E-state index in [2.05, 4.69) is 32.3 Å². The number of hydrogen-bond acceptors (Lipinski definition) is 6. The molecule has 1 fully saturated rings. The van der Waals surface area contributed by atoms with Crippen LogP contribution in [0, 0.1) is 0 Å². The Labute approximate surface area is 146 Å². The molecule has 1 aliphatic heterocycles. The van der Waals surface area contributed by atoms with Crippen LogP contribution >= 0.6 is 0 Å². The van der Waals surface area contributed by atoms with Gasteiger partial charge in [-0.2, -0.15) is 10.1 Å². The van der Waals surface area contributed by atoms with Crippen LogP contribution in [-0.2, 0) is 24.2 Å². The Morgan fingerprint density at radius 1 is 1.16 bits per heavy atom. The van der Waals surface area contributed by atoms with Crippen LogP contribution < -0.4 is 0 Å². The van der Waals surface area contributed by atoms with Crippen LogP contribution in [0.25, 0.3) is 0 Å². The van der Waals surface area contributed by atoms with Gasteiger partial charge in [0.2, 0.25) is 5.89 Å². The van der Waals surface area contributed by atoms with Crippen molar-refractivity contribution < 1.29 is 9.26 Å². The Hall–Kier alpha value is -2.51. The summed E-state index contributed by atoms with van der Waals surface area (Å²) in [7, 11) is 0. The summed E-state index contributed by atoms with van der Waals surface area (Å²) >= 11 is 0. The maximum Gasteiger partial charge on any atom is 0.240 e. The third-order valence-corrected chi connectivity index (χ3v) is 4.25.